The van der Waals surface area contributed by atoms with Crippen LogP contribution >= 0.6 is 0 Å². The van der Waals surface area contributed by atoms with E-state index in [1.807, 2.05) is 0 Å². The van der Waals surface area contributed by atoms with Gasteiger partial charge >= 0.3 is 0 Å². The predicted octanol–water partition coefficient (Wildman–Crippen LogP) is 8.58. The molecule has 0 spiro atoms. The minimum atomic E-state index is 0.738. The Morgan fingerprint density at radius 2 is 1.34 bits per heavy atom. The summed E-state index contributed by atoms with van der Waals surface area (Å²) in [6, 6.07) is 35.1. The third kappa shape index (κ3) is 3.36. The summed E-state index contributed by atoms with van der Waals surface area (Å²) >= 11 is 0. The van der Waals surface area contributed by atoms with Gasteiger partial charge in [0.05, 0.1) is 16.7 Å². The monoisotopic (exact) mass is 416 g/mol. The molecule has 32 heavy (non-hydrogen) atoms. The summed E-state index contributed by atoms with van der Waals surface area (Å²) in [6.07, 6.45) is 6.81. The molecule has 2 heteroatoms. The molecule has 4 aromatic carbocycles. The topological polar surface area (TPSA) is 17.0 Å². The van der Waals surface area contributed by atoms with Crippen LogP contribution in [0.25, 0.3) is 27.5 Å². The first-order valence-corrected chi connectivity index (χ1v) is 11.8. The van der Waals surface area contributed by atoms with Crippen molar-refractivity contribution in [1.29, 1.82) is 0 Å². The van der Waals surface area contributed by atoms with Crippen LogP contribution in [0.3, 0.4) is 0 Å². The second-order valence-corrected chi connectivity index (χ2v) is 8.97. The highest BCUT2D eigenvalue weighted by atomic mass is 15.0. The van der Waals surface area contributed by atoms with E-state index in [4.69, 9.17) is 0 Å². The van der Waals surface area contributed by atoms with Crippen LogP contribution in [0.1, 0.15) is 43.6 Å². The van der Waals surface area contributed by atoms with Crippen molar-refractivity contribution < 1.29 is 0 Å². The Bertz CT molecular complexity index is 1360. The van der Waals surface area contributed by atoms with Gasteiger partial charge in [0.1, 0.15) is 0 Å². The summed E-state index contributed by atoms with van der Waals surface area (Å²) in [5.74, 6) is 0.738. The van der Waals surface area contributed by atoms with Gasteiger partial charge in [-0.25, -0.2) is 0 Å². The van der Waals surface area contributed by atoms with Crippen molar-refractivity contribution in [2.24, 2.45) is 0 Å². The second kappa shape index (κ2) is 8.20. The van der Waals surface area contributed by atoms with Crippen LogP contribution < -0.4 is 5.32 Å². The van der Waals surface area contributed by atoms with Gasteiger partial charge in [-0.2, -0.15) is 0 Å². The molecule has 1 saturated carbocycles. The number of anilines is 2. The Labute approximate surface area is 189 Å². The maximum atomic E-state index is 3.73. The van der Waals surface area contributed by atoms with Gasteiger partial charge in [0.25, 0.3) is 0 Å². The Morgan fingerprint density at radius 1 is 0.625 bits per heavy atom. The molecule has 1 aliphatic carbocycles. The molecule has 0 bridgehead atoms. The summed E-state index contributed by atoms with van der Waals surface area (Å²) in [4.78, 5) is 0. The molecule has 1 aromatic heterocycles. The molecule has 0 radical (unpaired) electrons. The normalized spacial score (nSPS) is 14.8. The molecule has 0 unspecified atom stereocenters. The van der Waals surface area contributed by atoms with Crippen LogP contribution in [0.15, 0.2) is 97.1 Å². The smallest absolute Gasteiger partial charge is 0.0776 e. The first-order chi connectivity index (χ1) is 15.9. The van der Waals surface area contributed by atoms with Crippen LogP contribution in [-0.2, 0) is 0 Å². The van der Waals surface area contributed by atoms with Crippen LogP contribution in [0.5, 0.6) is 0 Å². The number of benzene rings is 4. The number of para-hydroxylation sites is 3. The van der Waals surface area contributed by atoms with E-state index < -0.39 is 0 Å². The van der Waals surface area contributed by atoms with Gasteiger partial charge in [-0.05, 0) is 60.7 Å². The maximum absolute atomic E-state index is 3.73. The van der Waals surface area contributed by atoms with Crippen molar-refractivity contribution in [1.82, 2.24) is 4.57 Å². The van der Waals surface area contributed by atoms with Crippen molar-refractivity contribution in [2.75, 3.05) is 5.32 Å². The Morgan fingerprint density at radius 3 is 2.16 bits per heavy atom. The first kappa shape index (κ1) is 19.2. The molecule has 0 saturated heterocycles. The molecule has 1 fully saturated rings. The lowest BCUT2D eigenvalue weighted by Crippen LogP contribution is -2.04. The van der Waals surface area contributed by atoms with E-state index >= 15 is 0 Å². The van der Waals surface area contributed by atoms with Gasteiger partial charge in [-0.15, -0.1) is 0 Å². The lowest BCUT2D eigenvalue weighted by Gasteiger charge is -2.22. The van der Waals surface area contributed by atoms with E-state index in [1.165, 1.54) is 65.2 Å². The molecule has 6 rings (SSSR count). The van der Waals surface area contributed by atoms with Gasteiger partial charge in [-0.1, -0.05) is 79.9 Å². The standard InChI is InChI=1S/C30H28N2/c1-3-10-22(11-4-1)23-18-20-24(21-19-23)31-28-16-9-15-27-26-14-7-8-17-29(26)32(30(27)28)25-12-5-2-6-13-25/h2,5-9,12-22,31H,1,3-4,10-11H2. The zero-order chi connectivity index (χ0) is 21.3. The SMILES string of the molecule is c1ccc(-n2c3ccccc3c3cccc(Nc4ccc(C5CCCCC5)cc4)c32)cc1. The number of aromatic nitrogens is 1. The van der Waals surface area contributed by atoms with E-state index in [9.17, 15) is 0 Å². The summed E-state index contributed by atoms with van der Waals surface area (Å²) in [6.45, 7) is 0. The van der Waals surface area contributed by atoms with E-state index in [-0.39, 0.29) is 0 Å². The molecule has 1 aliphatic rings. The fraction of sp³-hybridized carbons (Fsp3) is 0.200. The average Bonchev–Trinajstić information content (AvgIpc) is 3.21. The molecule has 1 N–H and O–H groups in total. The summed E-state index contributed by atoms with van der Waals surface area (Å²) in [7, 11) is 0. The van der Waals surface area contributed by atoms with Gasteiger partial charge < -0.3 is 9.88 Å². The fourth-order valence-electron chi connectivity index (χ4n) is 5.39. The average molecular weight is 417 g/mol. The number of hydrogen-bond donors (Lipinski definition) is 1. The summed E-state index contributed by atoms with van der Waals surface area (Å²) in [5.41, 5.74) is 7.40. The van der Waals surface area contributed by atoms with Gasteiger partial charge in [-0.3, -0.25) is 0 Å². The zero-order valence-electron chi connectivity index (χ0n) is 18.3. The van der Waals surface area contributed by atoms with Crippen molar-refractivity contribution in [3.05, 3.63) is 103 Å². The van der Waals surface area contributed by atoms with Gasteiger partial charge in [0.15, 0.2) is 0 Å². The molecule has 0 amide bonds. The lowest BCUT2D eigenvalue weighted by molar-refractivity contribution is 0.443. The van der Waals surface area contributed by atoms with E-state index in [0.717, 1.165) is 17.3 Å². The summed E-state index contributed by atoms with van der Waals surface area (Å²) in [5, 5.41) is 6.28. The molecule has 5 aromatic rings. The molecule has 158 valence electrons. The van der Waals surface area contributed by atoms with E-state index in [2.05, 4.69) is 107 Å². The minimum Gasteiger partial charge on any atom is -0.354 e. The predicted molar refractivity (Wildman–Crippen MR) is 136 cm³/mol. The quantitative estimate of drug-likeness (QED) is 0.310. The number of nitrogens with zero attached hydrogens (tertiary/aromatic N) is 1. The zero-order valence-corrected chi connectivity index (χ0v) is 18.3. The molecule has 0 atom stereocenters. The first-order valence-electron chi connectivity index (χ1n) is 11.8. The van der Waals surface area contributed by atoms with Crippen LogP contribution in [-0.4, -0.2) is 4.57 Å². The number of rotatable bonds is 4. The molecule has 1 heterocycles. The summed E-state index contributed by atoms with van der Waals surface area (Å²) < 4.78 is 2.38. The van der Waals surface area contributed by atoms with Gasteiger partial charge in [0, 0.05) is 22.1 Å². The van der Waals surface area contributed by atoms with E-state index in [0.29, 0.717) is 0 Å². The lowest BCUT2D eigenvalue weighted by atomic mass is 9.84. The maximum Gasteiger partial charge on any atom is 0.0776 e. The molecular formula is C30H28N2. The largest absolute Gasteiger partial charge is 0.354 e. The molecule has 0 aliphatic heterocycles. The van der Waals surface area contributed by atoms with Crippen LogP contribution in [0.2, 0.25) is 0 Å². The Balaban J connectivity index is 1.44. The highest BCUT2D eigenvalue weighted by Gasteiger charge is 2.17. The van der Waals surface area contributed by atoms with Gasteiger partial charge in [0.2, 0.25) is 0 Å². The number of hydrogen-bond acceptors (Lipinski definition) is 1. The van der Waals surface area contributed by atoms with Crippen LogP contribution in [0.4, 0.5) is 11.4 Å². The third-order valence-corrected chi connectivity index (χ3v) is 6.98. The molecule has 2 nitrogen and oxygen atoms in total. The fourth-order valence-corrected chi connectivity index (χ4v) is 5.39. The number of nitrogens with one attached hydrogen (secondary N) is 1. The Hall–Kier alpha value is -3.52. The Kier molecular flexibility index (Phi) is 4.92. The highest BCUT2D eigenvalue weighted by molar-refractivity contribution is 6.13. The third-order valence-electron chi connectivity index (χ3n) is 6.98. The second-order valence-electron chi connectivity index (χ2n) is 8.97. The number of fused-ring (bicyclic) bond motifs is 3. The van der Waals surface area contributed by atoms with E-state index in [1.54, 1.807) is 0 Å². The minimum absolute atomic E-state index is 0.738. The van der Waals surface area contributed by atoms with Crippen LogP contribution in [0, 0.1) is 0 Å². The van der Waals surface area contributed by atoms with Crippen molar-refractivity contribution in [3.8, 4) is 5.69 Å². The molecular weight excluding hydrogens is 388 g/mol. The highest BCUT2D eigenvalue weighted by Crippen LogP contribution is 2.38. The van der Waals surface area contributed by atoms with Crippen molar-refractivity contribution in [2.45, 2.75) is 38.0 Å². The van der Waals surface area contributed by atoms with Crippen molar-refractivity contribution in [3.63, 3.8) is 0 Å². The van der Waals surface area contributed by atoms with Crippen molar-refractivity contribution >= 4 is 33.2 Å².